The van der Waals surface area contributed by atoms with Crippen LogP contribution in [0.15, 0.2) is 18.2 Å². The zero-order valence-electron chi connectivity index (χ0n) is 10.1. The van der Waals surface area contributed by atoms with E-state index in [2.05, 4.69) is 10.6 Å². The van der Waals surface area contributed by atoms with Crippen LogP contribution < -0.4 is 10.6 Å². The van der Waals surface area contributed by atoms with Crippen LogP contribution in [0.3, 0.4) is 0 Å². The number of anilines is 1. The number of hydrogen-bond donors (Lipinski definition) is 2. The van der Waals surface area contributed by atoms with E-state index in [0.717, 1.165) is 12.8 Å². The Balaban J connectivity index is 2.24. The van der Waals surface area contributed by atoms with Crippen LogP contribution in [-0.4, -0.2) is 18.0 Å². The first kappa shape index (κ1) is 11.9. The fraction of sp³-hybridized carbons (Fsp3) is 0.462. The van der Waals surface area contributed by atoms with Crippen LogP contribution in [0.5, 0.6) is 0 Å². The molecule has 0 saturated heterocycles. The summed E-state index contributed by atoms with van der Waals surface area (Å²) >= 11 is 0. The molecule has 2 N–H and O–H groups in total. The van der Waals surface area contributed by atoms with Crippen molar-refractivity contribution >= 4 is 11.6 Å². The molecule has 0 aliphatic heterocycles. The molecule has 0 aromatic heterocycles. The average molecular weight is 236 g/mol. The summed E-state index contributed by atoms with van der Waals surface area (Å²) in [6.45, 7) is 4.45. The summed E-state index contributed by atoms with van der Waals surface area (Å²) in [7, 11) is 0. The van der Waals surface area contributed by atoms with Gasteiger partial charge in [-0.1, -0.05) is 6.07 Å². The quantitative estimate of drug-likeness (QED) is 0.843. The Kier molecular flexibility index (Phi) is 3.05. The largest absolute Gasteiger partial charge is 0.382 e. The monoisotopic (exact) mass is 236 g/mol. The zero-order chi connectivity index (χ0) is 12.5. The van der Waals surface area contributed by atoms with Gasteiger partial charge in [-0.15, -0.1) is 0 Å². The van der Waals surface area contributed by atoms with E-state index in [4.69, 9.17) is 0 Å². The molecule has 1 aliphatic rings. The second-order valence-corrected chi connectivity index (χ2v) is 4.71. The van der Waals surface area contributed by atoms with Crippen molar-refractivity contribution in [3.05, 3.63) is 29.6 Å². The number of carbonyl (C=O) groups excluding carboxylic acids is 1. The van der Waals surface area contributed by atoms with E-state index in [9.17, 15) is 9.18 Å². The van der Waals surface area contributed by atoms with Crippen molar-refractivity contribution in [3.63, 3.8) is 0 Å². The Labute approximate surface area is 100 Å². The van der Waals surface area contributed by atoms with Crippen molar-refractivity contribution in [2.45, 2.75) is 32.2 Å². The van der Waals surface area contributed by atoms with Crippen LogP contribution in [-0.2, 0) is 0 Å². The lowest BCUT2D eigenvalue weighted by Gasteiger charge is -2.15. The molecule has 3 nitrogen and oxygen atoms in total. The molecule has 2 rings (SSSR count). The molecule has 0 spiro atoms. The van der Waals surface area contributed by atoms with E-state index in [1.165, 1.54) is 6.07 Å². The minimum absolute atomic E-state index is 0.0904. The fourth-order valence-corrected chi connectivity index (χ4v) is 1.72. The van der Waals surface area contributed by atoms with Gasteiger partial charge in [0.25, 0.3) is 5.91 Å². The summed E-state index contributed by atoms with van der Waals surface area (Å²) in [5, 5.41) is 5.82. The molecule has 0 radical (unpaired) electrons. The average Bonchev–Trinajstić information content (AvgIpc) is 2.99. The maximum absolute atomic E-state index is 13.6. The lowest BCUT2D eigenvalue weighted by Crippen LogP contribution is -2.34. The van der Waals surface area contributed by atoms with Crippen molar-refractivity contribution in [3.8, 4) is 0 Å². The third kappa shape index (κ3) is 2.57. The van der Waals surface area contributed by atoms with Crippen molar-refractivity contribution < 1.29 is 9.18 Å². The number of nitrogens with one attached hydrogen (secondary N) is 2. The van der Waals surface area contributed by atoms with E-state index in [1.807, 2.05) is 13.8 Å². The van der Waals surface area contributed by atoms with Gasteiger partial charge in [-0.2, -0.15) is 0 Å². The summed E-state index contributed by atoms with van der Waals surface area (Å²) in [6.07, 6.45) is 1.98. The van der Waals surface area contributed by atoms with Crippen LogP contribution in [0.25, 0.3) is 0 Å². The Hall–Kier alpha value is -1.58. The number of para-hydroxylation sites is 1. The summed E-state index contributed by atoms with van der Waals surface area (Å²) in [5.74, 6) is -0.596. The number of carbonyl (C=O) groups is 1. The van der Waals surface area contributed by atoms with Crippen molar-refractivity contribution in [2.24, 2.45) is 0 Å². The number of amides is 1. The van der Waals surface area contributed by atoms with Gasteiger partial charge in [0.15, 0.2) is 0 Å². The summed E-state index contributed by atoms with van der Waals surface area (Å²) in [6, 6.07) is 4.55. The maximum Gasteiger partial charge on any atom is 0.253 e. The van der Waals surface area contributed by atoms with Gasteiger partial charge >= 0.3 is 0 Å². The highest BCUT2D eigenvalue weighted by Gasteiger charge is 2.39. The number of rotatable bonds is 4. The molecule has 1 fully saturated rings. The van der Waals surface area contributed by atoms with Gasteiger partial charge in [0.05, 0.1) is 11.3 Å². The lowest BCUT2D eigenvalue weighted by molar-refractivity contribution is 0.0936. The van der Waals surface area contributed by atoms with Gasteiger partial charge in [0, 0.05) is 12.1 Å². The molecular weight excluding hydrogens is 219 g/mol. The van der Waals surface area contributed by atoms with E-state index in [-0.39, 0.29) is 23.0 Å². The lowest BCUT2D eigenvalue weighted by atomic mass is 10.1. The Morgan fingerprint density at radius 3 is 2.76 bits per heavy atom. The number of benzene rings is 1. The van der Waals surface area contributed by atoms with E-state index in [0.29, 0.717) is 12.1 Å². The van der Waals surface area contributed by atoms with E-state index >= 15 is 0 Å². The topological polar surface area (TPSA) is 41.1 Å². The van der Waals surface area contributed by atoms with Crippen molar-refractivity contribution in [1.29, 1.82) is 0 Å². The molecule has 0 heterocycles. The summed E-state index contributed by atoms with van der Waals surface area (Å²) < 4.78 is 13.6. The molecule has 0 atom stereocenters. The fourth-order valence-electron chi connectivity index (χ4n) is 1.72. The Morgan fingerprint density at radius 1 is 1.47 bits per heavy atom. The second kappa shape index (κ2) is 4.35. The first-order valence-electron chi connectivity index (χ1n) is 5.90. The minimum Gasteiger partial charge on any atom is -0.382 e. The summed E-state index contributed by atoms with van der Waals surface area (Å²) in [4.78, 5) is 12.0. The number of hydrogen-bond acceptors (Lipinski definition) is 2. The molecule has 0 unspecified atom stereocenters. The van der Waals surface area contributed by atoms with Crippen molar-refractivity contribution in [2.75, 3.05) is 11.9 Å². The van der Waals surface area contributed by atoms with Gasteiger partial charge in [0.1, 0.15) is 5.82 Å². The Morgan fingerprint density at radius 2 is 2.18 bits per heavy atom. The van der Waals surface area contributed by atoms with Crippen LogP contribution in [0.2, 0.25) is 0 Å². The highest BCUT2D eigenvalue weighted by Crippen LogP contribution is 2.35. The molecule has 92 valence electrons. The van der Waals surface area contributed by atoms with Gasteiger partial charge in [0.2, 0.25) is 0 Å². The molecule has 1 saturated carbocycles. The van der Waals surface area contributed by atoms with Gasteiger partial charge in [-0.3, -0.25) is 4.79 Å². The first-order valence-corrected chi connectivity index (χ1v) is 5.90. The normalized spacial score (nSPS) is 16.4. The predicted molar refractivity (Wildman–Crippen MR) is 65.7 cm³/mol. The van der Waals surface area contributed by atoms with Gasteiger partial charge < -0.3 is 10.6 Å². The molecule has 1 amide bonds. The third-order valence-electron chi connectivity index (χ3n) is 3.03. The summed E-state index contributed by atoms with van der Waals surface area (Å²) in [5.41, 5.74) is 0.573. The molecule has 1 aromatic carbocycles. The van der Waals surface area contributed by atoms with Crippen LogP contribution in [0, 0.1) is 5.82 Å². The van der Waals surface area contributed by atoms with Crippen LogP contribution >= 0.6 is 0 Å². The number of halogens is 1. The molecule has 1 aliphatic carbocycles. The molecule has 4 heteroatoms. The van der Waals surface area contributed by atoms with Gasteiger partial charge in [-0.05, 0) is 38.8 Å². The standard InChI is InChI=1S/C13H17FN2O/c1-3-15-11-9(5-4-6-10(11)14)12(17)16-13(2)7-8-13/h4-6,15H,3,7-8H2,1-2H3,(H,16,17). The SMILES string of the molecule is CCNc1c(F)cccc1C(=O)NC1(C)CC1. The molecule has 0 bridgehead atoms. The predicted octanol–water partition coefficient (Wildman–Crippen LogP) is 2.54. The van der Waals surface area contributed by atoms with Crippen LogP contribution in [0.4, 0.5) is 10.1 Å². The maximum atomic E-state index is 13.6. The minimum atomic E-state index is -0.388. The first-order chi connectivity index (χ1) is 8.06. The molecule has 1 aromatic rings. The van der Waals surface area contributed by atoms with Crippen LogP contribution in [0.1, 0.15) is 37.0 Å². The van der Waals surface area contributed by atoms with E-state index < -0.39 is 0 Å². The van der Waals surface area contributed by atoms with E-state index in [1.54, 1.807) is 12.1 Å². The third-order valence-corrected chi connectivity index (χ3v) is 3.03. The second-order valence-electron chi connectivity index (χ2n) is 4.71. The Bertz CT molecular complexity index is 441. The molecule has 17 heavy (non-hydrogen) atoms. The molecular formula is C13H17FN2O. The smallest absolute Gasteiger partial charge is 0.253 e. The zero-order valence-corrected chi connectivity index (χ0v) is 10.1. The van der Waals surface area contributed by atoms with Gasteiger partial charge in [-0.25, -0.2) is 4.39 Å². The van der Waals surface area contributed by atoms with Crippen molar-refractivity contribution in [1.82, 2.24) is 5.32 Å². The highest BCUT2D eigenvalue weighted by atomic mass is 19.1. The highest BCUT2D eigenvalue weighted by molar-refractivity contribution is 6.00.